The van der Waals surface area contributed by atoms with Crippen LogP contribution in [-0.4, -0.2) is 65.5 Å². The quantitative estimate of drug-likeness (QED) is 0.657. The minimum absolute atomic E-state index is 0.0580. The molecule has 178 valence electrons. The van der Waals surface area contributed by atoms with Gasteiger partial charge in [0.25, 0.3) is 5.91 Å². The summed E-state index contributed by atoms with van der Waals surface area (Å²) in [4.78, 5) is 14.6. The molecule has 33 heavy (non-hydrogen) atoms. The lowest BCUT2D eigenvalue weighted by atomic mass is 10.1. The number of hydrogen-bond acceptors (Lipinski definition) is 8. The Morgan fingerprint density at radius 3 is 2.39 bits per heavy atom. The molecule has 0 aliphatic carbocycles. The second-order valence-corrected chi connectivity index (χ2v) is 12.3. The number of ether oxygens (including phenoxy) is 2. The molecular formula is C22H26N2O7S2. The summed E-state index contributed by atoms with van der Waals surface area (Å²) in [5.41, 5.74) is 6.88. The van der Waals surface area contributed by atoms with E-state index in [1.54, 1.807) is 18.2 Å². The summed E-state index contributed by atoms with van der Waals surface area (Å²) in [6.07, 6.45) is -0.0772. The number of benzene rings is 2. The molecule has 11 heteroatoms. The molecule has 0 atom stereocenters. The van der Waals surface area contributed by atoms with Gasteiger partial charge in [-0.25, -0.2) is 16.8 Å². The molecule has 2 saturated heterocycles. The maximum absolute atomic E-state index is 13.4. The van der Waals surface area contributed by atoms with Gasteiger partial charge in [0, 0.05) is 30.8 Å². The topological polar surface area (TPSA) is 133 Å². The van der Waals surface area contributed by atoms with E-state index in [2.05, 4.69) is 0 Å². The van der Waals surface area contributed by atoms with Crippen molar-refractivity contribution in [1.82, 2.24) is 4.90 Å². The lowest BCUT2D eigenvalue weighted by Gasteiger charge is -2.28. The fourth-order valence-electron chi connectivity index (χ4n) is 3.79. The van der Waals surface area contributed by atoms with Gasteiger partial charge < -0.3 is 20.1 Å². The van der Waals surface area contributed by atoms with E-state index in [0.717, 1.165) is 0 Å². The molecule has 0 spiro atoms. The highest BCUT2D eigenvalue weighted by atomic mass is 32.2. The predicted octanol–water partition coefficient (Wildman–Crippen LogP) is 1.28. The Morgan fingerprint density at radius 1 is 1.03 bits per heavy atom. The molecule has 9 nitrogen and oxygen atoms in total. The normalized spacial score (nSPS) is 19.4. The van der Waals surface area contributed by atoms with Crippen molar-refractivity contribution in [2.45, 2.75) is 29.0 Å². The van der Waals surface area contributed by atoms with Crippen molar-refractivity contribution in [1.29, 1.82) is 0 Å². The third-order valence-corrected chi connectivity index (χ3v) is 9.00. The molecule has 2 aliphatic rings. The fourth-order valence-corrected chi connectivity index (χ4v) is 6.40. The summed E-state index contributed by atoms with van der Waals surface area (Å²) in [6, 6.07) is 10.7. The first-order chi connectivity index (χ1) is 15.7. The van der Waals surface area contributed by atoms with Crippen LogP contribution in [0.3, 0.4) is 0 Å². The number of amides is 1. The molecule has 0 saturated carbocycles. The van der Waals surface area contributed by atoms with Crippen LogP contribution in [0.4, 0.5) is 0 Å². The molecule has 1 amide bonds. The summed E-state index contributed by atoms with van der Waals surface area (Å²) >= 11 is 0. The van der Waals surface area contributed by atoms with Crippen molar-refractivity contribution in [2.24, 2.45) is 5.73 Å². The third-order valence-electron chi connectivity index (χ3n) is 5.66. The SMILES string of the molecule is NCc1cccc(S(=O)(=O)c2cc(C(=O)N3CCS(=O)(=O)CC3)cc(C3OCCCO3)c2)c1. The average Bonchev–Trinajstić information content (AvgIpc) is 2.84. The van der Waals surface area contributed by atoms with Gasteiger partial charge in [0.15, 0.2) is 16.1 Å². The summed E-state index contributed by atoms with van der Waals surface area (Å²) in [5, 5.41) is 0. The highest BCUT2D eigenvalue weighted by Crippen LogP contribution is 2.30. The van der Waals surface area contributed by atoms with Crippen LogP contribution >= 0.6 is 0 Å². The van der Waals surface area contributed by atoms with Gasteiger partial charge in [0.05, 0.1) is 34.5 Å². The van der Waals surface area contributed by atoms with Crippen LogP contribution in [0.1, 0.15) is 34.2 Å². The molecule has 0 aromatic heterocycles. The van der Waals surface area contributed by atoms with Crippen molar-refractivity contribution in [2.75, 3.05) is 37.8 Å². The number of sulfone groups is 2. The maximum atomic E-state index is 13.4. The number of carbonyl (C=O) groups excluding carboxylic acids is 1. The Balaban J connectivity index is 1.75. The first kappa shape index (κ1) is 23.8. The van der Waals surface area contributed by atoms with Crippen LogP contribution in [0.5, 0.6) is 0 Å². The van der Waals surface area contributed by atoms with Crippen LogP contribution in [0.2, 0.25) is 0 Å². The Bertz CT molecular complexity index is 1240. The molecule has 2 aromatic carbocycles. The van der Waals surface area contributed by atoms with E-state index in [1.165, 1.54) is 29.2 Å². The predicted molar refractivity (Wildman–Crippen MR) is 120 cm³/mol. The number of carbonyl (C=O) groups is 1. The average molecular weight is 495 g/mol. The molecule has 0 bridgehead atoms. The smallest absolute Gasteiger partial charge is 0.253 e. The number of nitrogens with zero attached hydrogens (tertiary/aromatic N) is 1. The number of hydrogen-bond donors (Lipinski definition) is 1. The highest BCUT2D eigenvalue weighted by Gasteiger charge is 2.29. The zero-order valence-electron chi connectivity index (χ0n) is 18.0. The minimum Gasteiger partial charge on any atom is -0.348 e. The molecule has 4 rings (SSSR count). The van der Waals surface area contributed by atoms with Crippen molar-refractivity contribution < 1.29 is 31.1 Å². The number of rotatable bonds is 5. The molecule has 2 fully saturated rings. The lowest BCUT2D eigenvalue weighted by Crippen LogP contribution is -2.43. The highest BCUT2D eigenvalue weighted by molar-refractivity contribution is 7.91. The molecule has 2 heterocycles. The van der Waals surface area contributed by atoms with Gasteiger partial charge in [0.2, 0.25) is 9.84 Å². The van der Waals surface area contributed by atoms with E-state index >= 15 is 0 Å². The maximum Gasteiger partial charge on any atom is 0.253 e. The molecule has 2 aromatic rings. The van der Waals surface area contributed by atoms with Crippen molar-refractivity contribution in [3.8, 4) is 0 Å². The van der Waals surface area contributed by atoms with E-state index in [4.69, 9.17) is 15.2 Å². The van der Waals surface area contributed by atoms with E-state index in [0.29, 0.717) is 30.8 Å². The lowest BCUT2D eigenvalue weighted by molar-refractivity contribution is -0.183. The zero-order chi connectivity index (χ0) is 23.6. The first-order valence-corrected chi connectivity index (χ1v) is 13.9. The second kappa shape index (κ2) is 9.51. The molecule has 0 radical (unpaired) electrons. The van der Waals surface area contributed by atoms with Crippen molar-refractivity contribution >= 4 is 25.6 Å². The Kier molecular flexibility index (Phi) is 6.87. The summed E-state index contributed by atoms with van der Waals surface area (Å²) < 4.78 is 61.7. The van der Waals surface area contributed by atoms with E-state index in [9.17, 15) is 21.6 Å². The first-order valence-electron chi connectivity index (χ1n) is 10.6. The van der Waals surface area contributed by atoms with E-state index in [-0.39, 0.29) is 46.5 Å². The largest absolute Gasteiger partial charge is 0.348 e. The van der Waals surface area contributed by atoms with Gasteiger partial charge in [-0.2, -0.15) is 0 Å². The van der Waals surface area contributed by atoms with Crippen molar-refractivity contribution in [3.05, 3.63) is 59.2 Å². The van der Waals surface area contributed by atoms with Gasteiger partial charge in [-0.1, -0.05) is 12.1 Å². The Morgan fingerprint density at radius 2 is 1.73 bits per heavy atom. The van der Waals surface area contributed by atoms with Crippen LogP contribution in [0.15, 0.2) is 52.3 Å². The summed E-state index contributed by atoms with van der Waals surface area (Å²) in [5.74, 6) is -0.677. The zero-order valence-corrected chi connectivity index (χ0v) is 19.6. The number of nitrogens with two attached hydrogens (primary N) is 1. The summed E-state index contributed by atoms with van der Waals surface area (Å²) in [6.45, 7) is 1.21. The van der Waals surface area contributed by atoms with Crippen LogP contribution < -0.4 is 5.73 Å². The minimum atomic E-state index is -3.97. The third kappa shape index (κ3) is 5.28. The Labute approximate surface area is 193 Å². The van der Waals surface area contributed by atoms with Gasteiger partial charge >= 0.3 is 0 Å². The van der Waals surface area contributed by atoms with Gasteiger partial charge in [-0.15, -0.1) is 0 Å². The molecule has 0 unspecified atom stereocenters. The van der Waals surface area contributed by atoms with Crippen LogP contribution in [0, 0.1) is 0 Å². The standard InChI is InChI=1S/C22H26N2O7S2/c23-15-16-3-1-4-19(11-16)33(28,29)20-13-17(12-18(14-20)22-30-7-2-8-31-22)21(25)24-5-9-32(26,27)10-6-24/h1,3-4,11-14,22H,2,5-10,15,23H2. The van der Waals surface area contributed by atoms with Crippen molar-refractivity contribution in [3.63, 3.8) is 0 Å². The monoisotopic (exact) mass is 494 g/mol. The fraction of sp³-hybridized carbons (Fsp3) is 0.409. The van der Waals surface area contributed by atoms with Crippen LogP contribution in [0.25, 0.3) is 0 Å². The van der Waals surface area contributed by atoms with Gasteiger partial charge in [0.1, 0.15) is 0 Å². The molecule has 2 N–H and O–H groups in total. The van der Waals surface area contributed by atoms with Crippen LogP contribution in [-0.2, 0) is 35.7 Å². The Hall–Kier alpha value is -2.31. The molecular weight excluding hydrogens is 468 g/mol. The van der Waals surface area contributed by atoms with Gasteiger partial charge in [-0.3, -0.25) is 4.79 Å². The molecule has 2 aliphatic heterocycles. The second-order valence-electron chi connectivity index (χ2n) is 8.02. The van der Waals surface area contributed by atoms with E-state index in [1.807, 2.05) is 0 Å². The van der Waals surface area contributed by atoms with E-state index < -0.39 is 31.9 Å². The summed E-state index contributed by atoms with van der Waals surface area (Å²) in [7, 11) is -7.14. The van der Waals surface area contributed by atoms with Gasteiger partial charge in [-0.05, 0) is 42.3 Å².